The van der Waals surface area contributed by atoms with Gasteiger partial charge in [-0.3, -0.25) is 0 Å². The third kappa shape index (κ3) is 6.27. The minimum Gasteiger partial charge on any atom is -1.00 e. The van der Waals surface area contributed by atoms with Crippen LogP contribution in [0.15, 0.2) is 24.3 Å². The van der Waals surface area contributed by atoms with Crippen LogP contribution in [0.3, 0.4) is 0 Å². The Morgan fingerprint density at radius 3 is 1.86 bits per heavy atom. The first kappa shape index (κ1) is 16.2. The molecule has 1 nitrogen and oxygen atoms in total. The molecule has 0 aromatic heterocycles. The van der Waals surface area contributed by atoms with Gasteiger partial charge in [0.2, 0.25) is 0 Å². The van der Waals surface area contributed by atoms with Crippen LogP contribution in [0.25, 0.3) is 0 Å². The topological polar surface area (TPSA) is 9.23 Å². The van der Waals surface area contributed by atoms with Gasteiger partial charge in [-0.1, -0.05) is 12.1 Å². The molecule has 0 spiro atoms. The Morgan fingerprint density at radius 1 is 1.07 bits per heavy atom. The molecule has 0 unspecified atom stereocenters. The van der Waals surface area contributed by atoms with E-state index in [4.69, 9.17) is 0 Å². The molecule has 0 saturated carbocycles. The normalized spacial score (nSPS) is 9.64. The molecule has 0 amide bonds. The van der Waals surface area contributed by atoms with Gasteiger partial charge in [-0.15, -0.1) is 13.2 Å². The zero-order valence-electron chi connectivity index (χ0n) is 7.14. The van der Waals surface area contributed by atoms with E-state index in [0.29, 0.717) is 5.56 Å². The van der Waals surface area contributed by atoms with Gasteiger partial charge in [-0.2, -0.15) is 24.6 Å². The molecule has 0 atom stereocenters. The van der Waals surface area contributed by atoms with Crippen LogP contribution in [0.4, 0.5) is 13.2 Å². The van der Waals surface area contributed by atoms with Crippen LogP contribution in [0.1, 0.15) is 5.56 Å². The molecule has 1 aromatic carbocycles. The van der Waals surface area contributed by atoms with E-state index < -0.39 is 6.36 Å². The van der Waals surface area contributed by atoms with Crippen molar-refractivity contribution in [2.24, 2.45) is 0 Å². The Hall–Kier alpha value is -0.217. The van der Waals surface area contributed by atoms with Gasteiger partial charge >= 0.3 is 25.8 Å². The van der Waals surface area contributed by atoms with Crippen molar-refractivity contribution in [3.05, 3.63) is 36.8 Å². The van der Waals surface area contributed by atoms with Crippen molar-refractivity contribution in [2.45, 2.75) is 6.36 Å². The third-order valence-electron chi connectivity index (χ3n) is 1.16. The largest absolute Gasteiger partial charge is 2.00 e. The van der Waals surface area contributed by atoms with E-state index >= 15 is 0 Å². The summed E-state index contributed by atoms with van der Waals surface area (Å²) in [5, 5.41) is 0. The molecule has 0 radical (unpaired) electrons. The van der Waals surface area contributed by atoms with Gasteiger partial charge in [-0.05, 0) is 0 Å². The van der Waals surface area contributed by atoms with Gasteiger partial charge in [0, 0.05) is 0 Å². The van der Waals surface area contributed by atoms with Crippen molar-refractivity contribution >= 4 is 0 Å². The van der Waals surface area contributed by atoms with E-state index in [9.17, 15) is 13.2 Å². The van der Waals surface area contributed by atoms with E-state index in [1.807, 2.05) is 0 Å². The zero-order valence-corrected chi connectivity index (χ0v) is 11.7. The minimum atomic E-state index is -4.62. The number of benzene rings is 1. The Balaban J connectivity index is 0. The number of rotatable bonds is 1. The fraction of sp³-hybridized carbons (Fsp3) is 0.125. The Bertz CT molecular complexity index is 260. The summed E-state index contributed by atoms with van der Waals surface area (Å²) in [7, 11) is 0. The molecule has 0 bridgehead atoms. The van der Waals surface area contributed by atoms with Gasteiger partial charge in [-0.25, -0.2) is 0 Å². The second kappa shape index (κ2) is 6.30. The summed E-state index contributed by atoms with van der Waals surface area (Å²) in [6.45, 7) is 3.52. The van der Waals surface area contributed by atoms with Crippen molar-refractivity contribution in [1.82, 2.24) is 0 Å². The minimum absolute atomic E-state index is 0. The van der Waals surface area contributed by atoms with Crippen LogP contribution in [-0.4, -0.2) is 6.36 Å². The molecule has 0 aliphatic rings. The average molecular weight is 320 g/mol. The van der Waals surface area contributed by atoms with E-state index in [1.54, 1.807) is 0 Å². The summed E-state index contributed by atoms with van der Waals surface area (Å²) in [4.78, 5) is 0. The van der Waals surface area contributed by atoms with Gasteiger partial charge in [0.05, 0.1) is 0 Å². The van der Waals surface area contributed by atoms with Gasteiger partial charge in [0.25, 0.3) is 0 Å². The van der Waals surface area contributed by atoms with Gasteiger partial charge in [0.1, 0.15) is 5.75 Å². The monoisotopic (exact) mass is 318 g/mol. The molecule has 1 aromatic rings. The smallest absolute Gasteiger partial charge is 1.00 e. The molecule has 74 valence electrons. The molecule has 0 aliphatic heterocycles. The molecular formula is C8H6BrF3OZn. The molecule has 0 saturated heterocycles. The van der Waals surface area contributed by atoms with Crippen molar-refractivity contribution in [3.63, 3.8) is 0 Å². The predicted molar refractivity (Wildman–Crippen MR) is 37.6 cm³/mol. The molecular weight excluding hydrogens is 314 g/mol. The van der Waals surface area contributed by atoms with Gasteiger partial charge in [0.15, 0.2) is 0 Å². The molecule has 0 N–H and O–H groups in total. The number of halogens is 4. The molecule has 6 heteroatoms. The van der Waals surface area contributed by atoms with E-state index in [2.05, 4.69) is 11.7 Å². The number of alkyl halides is 3. The van der Waals surface area contributed by atoms with Crippen molar-refractivity contribution < 1.29 is 54.4 Å². The Labute approximate surface area is 103 Å². The summed E-state index contributed by atoms with van der Waals surface area (Å²) < 4.78 is 38.4. The van der Waals surface area contributed by atoms with Crippen LogP contribution in [0, 0.1) is 6.92 Å². The first-order valence-corrected chi connectivity index (χ1v) is 3.15. The molecule has 0 heterocycles. The SMILES string of the molecule is [Br-].[CH2-]c1ccc(OC(F)(F)F)cc1.[Zn+2]. The molecule has 1 rings (SSSR count). The average Bonchev–Trinajstić information content (AvgIpc) is 1.91. The van der Waals surface area contributed by atoms with Crippen LogP contribution in [0.5, 0.6) is 5.75 Å². The van der Waals surface area contributed by atoms with Crippen LogP contribution in [-0.2, 0) is 19.5 Å². The van der Waals surface area contributed by atoms with Crippen LogP contribution >= 0.6 is 0 Å². The first-order chi connectivity index (χ1) is 5.47. The summed E-state index contributed by atoms with van der Waals surface area (Å²) in [5.41, 5.74) is 0.643. The number of hydrogen-bond acceptors (Lipinski definition) is 1. The Kier molecular flexibility index (Phi) is 7.30. The van der Waals surface area contributed by atoms with Crippen LogP contribution < -0.4 is 21.7 Å². The van der Waals surface area contributed by atoms with E-state index in [1.165, 1.54) is 24.3 Å². The van der Waals surface area contributed by atoms with Crippen molar-refractivity contribution in [1.29, 1.82) is 0 Å². The predicted octanol–water partition coefficient (Wildman–Crippen LogP) is -0.231. The fourth-order valence-corrected chi connectivity index (χ4v) is 0.691. The second-order valence-corrected chi connectivity index (χ2v) is 2.19. The van der Waals surface area contributed by atoms with Crippen molar-refractivity contribution in [2.75, 3.05) is 0 Å². The van der Waals surface area contributed by atoms with E-state index in [0.717, 1.165) is 0 Å². The number of hydrogen-bond donors (Lipinski definition) is 0. The first-order valence-electron chi connectivity index (χ1n) is 3.15. The fourth-order valence-electron chi connectivity index (χ4n) is 0.691. The summed E-state index contributed by atoms with van der Waals surface area (Å²) in [5.74, 6) is -0.227. The number of ether oxygens (including phenoxy) is 1. The summed E-state index contributed by atoms with van der Waals surface area (Å²) >= 11 is 0. The maximum absolute atomic E-state index is 11.6. The summed E-state index contributed by atoms with van der Waals surface area (Å²) in [6.07, 6.45) is -4.62. The molecule has 0 aliphatic carbocycles. The quantitative estimate of drug-likeness (QED) is 0.513. The van der Waals surface area contributed by atoms with Gasteiger partial charge < -0.3 is 21.7 Å². The maximum Gasteiger partial charge on any atom is 2.00 e. The maximum atomic E-state index is 11.6. The molecule has 14 heavy (non-hydrogen) atoms. The third-order valence-corrected chi connectivity index (χ3v) is 1.16. The second-order valence-electron chi connectivity index (χ2n) is 2.19. The Morgan fingerprint density at radius 2 is 1.50 bits per heavy atom. The summed E-state index contributed by atoms with van der Waals surface area (Å²) in [6, 6.07) is 5.33. The standard InChI is InChI=1S/C8H6F3O.BrH.Zn/c1-6-2-4-7(5-3-6)12-8(9,10)11;;/h2-5H,1H2;1H;/q-1;;+2/p-1. The van der Waals surface area contributed by atoms with Crippen molar-refractivity contribution in [3.8, 4) is 5.75 Å². The molecule has 0 fully saturated rings. The zero-order chi connectivity index (χ0) is 9.19. The van der Waals surface area contributed by atoms with Crippen LogP contribution in [0.2, 0.25) is 0 Å². The van der Waals surface area contributed by atoms with E-state index in [-0.39, 0.29) is 42.2 Å².